The van der Waals surface area contributed by atoms with Crippen molar-refractivity contribution in [3.63, 3.8) is 0 Å². The van der Waals surface area contributed by atoms with Gasteiger partial charge in [-0.1, -0.05) is 41.9 Å². The lowest BCUT2D eigenvalue weighted by atomic mass is 10.1. The monoisotopic (exact) mass is 340 g/mol. The number of nitrogens with zero attached hydrogens (tertiary/aromatic N) is 2. The first kappa shape index (κ1) is 16.1. The summed E-state index contributed by atoms with van der Waals surface area (Å²) < 4.78 is 1.79. The summed E-state index contributed by atoms with van der Waals surface area (Å²) in [6.07, 6.45) is 1.83. The molecule has 1 heterocycles. The highest BCUT2D eigenvalue weighted by Gasteiger charge is 2.06. The molecule has 2 aromatic carbocycles. The van der Waals surface area contributed by atoms with Crippen LogP contribution in [0.1, 0.15) is 11.1 Å². The van der Waals surface area contributed by atoms with Gasteiger partial charge in [-0.2, -0.15) is 5.10 Å². The van der Waals surface area contributed by atoms with Gasteiger partial charge in [0.05, 0.1) is 6.54 Å². The van der Waals surface area contributed by atoms with Gasteiger partial charge in [0.25, 0.3) is 0 Å². The van der Waals surface area contributed by atoms with Crippen LogP contribution in [0.3, 0.4) is 0 Å². The second-order valence-corrected chi connectivity index (χ2v) is 5.85. The molecule has 0 fully saturated rings. The Balaban J connectivity index is 1.61. The van der Waals surface area contributed by atoms with Crippen LogP contribution in [0.2, 0.25) is 5.02 Å². The second-order valence-electron chi connectivity index (χ2n) is 5.41. The van der Waals surface area contributed by atoms with Gasteiger partial charge >= 0.3 is 6.03 Å². The summed E-state index contributed by atoms with van der Waals surface area (Å²) in [5, 5.41) is 10.4. The van der Waals surface area contributed by atoms with E-state index in [4.69, 9.17) is 11.6 Å². The number of halogens is 1. The third-order valence-corrected chi connectivity index (χ3v) is 3.79. The highest BCUT2D eigenvalue weighted by Crippen LogP contribution is 2.15. The van der Waals surface area contributed by atoms with Crippen LogP contribution in [0.25, 0.3) is 0 Å². The van der Waals surface area contributed by atoms with E-state index in [1.807, 2.05) is 18.3 Å². The Bertz CT molecular complexity index is 859. The number of urea groups is 1. The van der Waals surface area contributed by atoms with Crippen molar-refractivity contribution in [2.24, 2.45) is 0 Å². The number of anilines is 2. The average molecular weight is 341 g/mol. The minimum Gasteiger partial charge on any atom is -0.308 e. The summed E-state index contributed by atoms with van der Waals surface area (Å²) in [5.41, 5.74) is 3.02. The van der Waals surface area contributed by atoms with Crippen molar-refractivity contribution in [3.8, 4) is 0 Å². The van der Waals surface area contributed by atoms with Crippen molar-refractivity contribution in [2.45, 2.75) is 13.5 Å². The summed E-state index contributed by atoms with van der Waals surface area (Å²) in [4.78, 5) is 12.0. The molecule has 5 nitrogen and oxygen atoms in total. The van der Waals surface area contributed by atoms with E-state index in [9.17, 15) is 4.79 Å². The zero-order valence-corrected chi connectivity index (χ0v) is 13.9. The number of rotatable bonds is 4. The van der Waals surface area contributed by atoms with Crippen LogP contribution in [0.15, 0.2) is 60.8 Å². The Labute approximate surface area is 145 Å². The topological polar surface area (TPSA) is 59.0 Å². The molecule has 0 saturated carbocycles. The highest BCUT2D eigenvalue weighted by atomic mass is 35.5. The molecule has 0 saturated heterocycles. The number of carbonyl (C=O) groups is 1. The lowest BCUT2D eigenvalue weighted by molar-refractivity contribution is 0.262. The number of nitrogens with one attached hydrogen (secondary N) is 2. The summed E-state index contributed by atoms with van der Waals surface area (Å²) in [6, 6.07) is 16.5. The second kappa shape index (κ2) is 7.19. The number of hydrogen-bond acceptors (Lipinski definition) is 2. The summed E-state index contributed by atoms with van der Waals surface area (Å²) >= 11 is 5.89. The largest absolute Gasteiger partial charge is 0.324 e. The van der Waals surface area contributed by atoms with Crippen LogP contribution in [0, 0.1) is 6.92 Å². The Kier molecular flexibility index (Phi) is 4.82. The molecule has 3 rings (SSSR count). The van der Waals surface area contributed by atoms with E-state index < -0.39 is 0 Å². The first-order valence-electron chi connectivity index (χ1n) is 7.52. The van der Waals surface area contributed by atoms with E-state index in [0.717, 1.165) is 0 Å². The predicted molar refractivity (Wildman–Crippen MR) is 96.6 cm³/mol. The third kappa shape index (κ3) is 4.14. The fourth-order valence-corrected chi connectivity index (χ4v) is 2.51. The van der Waals surface area contributed by atoms with Crippen LogP contribution in [-0.4, -0.2) is 15.8 Å². The number of hydrogen-bond donors (Lipinski definition) is 2. The van der Waals surface area contributed by atoms with Crippen molar-refractivity contribution in [3.05, 3.63) is 76.9 Å². The Morgan fingerprint density at radius 1 is 1.12 bits per heavy atom. The molecular weight excluding hydrogens is 324 g/mol. The van der Waals surface area contributed by atoms with Crippen LogP contribution in [0.5, 0.6) is 0 Å². The van der Waals surface area contributed by atoms with Gasteiger partial charge in [-0.25, -0.2) is 4.79 Å². The number of aromatic nitrogens is 2. The maximum absolute atomic E-state index is 12.0. The van der Waals surface area contributed by atoms with Gasteiger partial charge in [0, 0.05) is 23.0 Å². The van der Waals surface area contributed by atoms with E-state index in [2.05, 4.69) is 34.8 Å². The van der Waals surface area contributed by atoms with Crippen LogP contribution in [-0.2, 0) is 6.54 Å². The molecule has 0 atom stereocenters. The lowest BCUT2D eigenvalue weighted by Crippen LogP contribution is -2.19. The molecule has 2 N–H and O–H groups in total. The fraction of sp³-hybridized carbons (Fsp3) is 0.111. The summed E-state index contributed by atoms with van der Waals surface area (Å²) in [6.45, 7) is 2.72. The van der Waals surface area contributed by atoms with Crippen molar-refractivity contribution in [1.82, 2.24) is 9.78 Å². The molecule has 24 heavy (non-hydrogen) atoms. The molecule has 0 aliphatic rings. The van der Waals surface area contributed by atoms with Gasteiger partial charge in [0.2, 0.25) is 0 Å². The molecule has 2 amide bonds. The summed E-state index contributed by atoms with van der Waals surface area (Å²) in [5.74, 6) is 0.489. The molecule has 1 aromatic heterocycles. The maximum atomic E-state index is 12.0. The van der Waals surface area contributed by atoms with E-state index in [1.54, 1.807) is 35.0 Å². The van der Waals surface area contributed by atoms with Gasteiger partial charge in [-0.3, -0.25) is 10.00 Å². The van der Waals surface area contributed by atoms with Crippen molar-refractivity contribution in [2.75, 3.05) is 10.6 Å². The van der Waals surface area contributed by atoms with Gasteiger partial charge in [-0.15, -0.1) is 0 Å². The first-order chi connectivity index (χ1) is 11.6. The highest BCUT2D eigenvalue weighted by molar-refractivity contribution is 6.30. The Morgan fingerprint density at radius 2 is 1.96 bits per heavy atom. The van der Waals surface area contributed by atoms with Crippen molar-refractivity contribution in [1.29, 1.82) is 0 Å². The zero-order chi connectivity index (χ0) is 16.9. The number of amides is 2. The van der Waals surface area contributed by atoms with Crippen LogP contribution < -0.4 is 10.6 Å². The van der Waals surface area contributed by atoms with E-state index in [1.165, 1.54) is 11.1 Å². The average Bonchev–Trinajstić information content (AvgIpc) is 2.96. The minimum atomic E-state index is -0.363. The van der Waals surface area contributed by atoms with Gasteiger partial charge in [0.15, 0.2) is 5.82 Å². The Hall–Kier alpha value is -2.79. The van der Waals surface area contributed by atoms with Gasteiger partial charge in [-0.05, 0) is 36.2 Å². The molecule has 0 spiro atoms. The standard InChI is InChI=1S/C18H17ClN4O/c1-13-5-2-3-6-14(13)12-23-10-9-17(22-23)21-18(24)20-16-8-4-7-15(19)11-16/h2-11H,12H2,1H3,(H2,20,21,22,24). The smallest absolute Gasteiger partial charge is 0.308 e. The molecule has 0 radical (unpaired) electrons. The SMILES string of the molecule is Cc1ccccc1Cn1ccc(NC(=O)Nc2cccc(Cl)c2)n1. The Morgan fingerprint density at radius 3 is 2.75 bits per heavy atom. The number of benzene rings is 2. The fourth-order valence-electron chi connectivity index (χ4n) is 2.32. The van der Waals surface area contributed by atoms with Crippen molar-refractivity contribution < 1.29 is 4.79 Å². The van der Waals surface area contributed by atoms with E-state index in [-0.39, 0.29) is 6.03 Å². The van der Waals surface area contributed by atoms with Crippen LogP contribution >= 0.6 is 11.6 Å². The number of carbonyl (C=O) groups excluding carboxylic acids is 1. The third-order valence-electron chi connectivity index (χ3n) is 3.56. The van der Waals surface area contributed by atoms with E-state index >= 15 is 0 Å². The van der Waals surface area contributed by atoms with Crippen LogP contribution in [0.4, 0.5) is 16.3 Å². The lowest BCUT2D eigenvalue weighted by Gasteiger charge is -2.07. The zero-order valence-electron chi connectivity index (χ0n) is 13.2. The molecule has 0 aliphatic heterocycles. The quantitative estimate of drug-likeness (QED) is 0.732. The normalized spacial score (nSPS) is 10.4. The molecule has 3 aromatic rings. The van der Waals surface area contributed by atoms with E-state index in [0.29, 0.717) is 23.1 Å². The molecule has 6 heteroatoms. The summed E-state index contributed by atoms with van der Waals surface area (Å²) in [7, 11) is 0. The number of aryl methyl sites for hydroxylation is 1. The predicted octanol–water partition coefficient (Wildman–Crippen LogP) is 4.54. The molecular formula is C18H17ClN4O. The molecule has 0 bridgehead atoms. The first-order valence-corrected chi connectivity index (χ1v) is 7.89. The van der Waals surface area contributed by atoms with Gasteiger partial charge in [0.1, 0.15) is 0 Å². The van der Waals surface area contributed by atoms with Crippen molar-refractivity contribution >= 4 is 29.1 Å². The van der Waals surface area contributed by atoms with Gasteiger partial charge < -0.3 is 5.32 Å². The molecule has 0 aliphatic carbocycles. The molecule has 122 valence electrons. The minimum absolute atomic E-state index is 0.363. The molecule has 0 unspecified atom stereocenters. The maximum Gasteiger partial charge on any atom is 0.324 e.